The van der Waals surface area contributed by atoms with Crippen molar-refractivity contribution in [3.63, 3.8) is 0 Å². The normalized spacial score (nSPS) is 11.3. The Bertz CT molecular complexity index is 715. The quantitative estimate of drug-likeness (QED) is 0.871. The first kappa shape index (κ1) is 16.6. The molecular weight excluding hydrogens is 288 g/mol. The van der Waals surface area contributed by atoms with Crippen LogP contribution in [0.1, 0.15) is 25.0 Å². The summed E-state index contributed by atoms with van der Waals surface area (Å²) >= 11 is 0. The van der Waals surface area contributed by atoms with Crippen molar-refractivity contribution in [2.75, 3.05) is 5.32 Å². The van der Waals surface area contributed by atoms with E-state index in [1.54, 1.807) is 12.3 Å². The first-order chi connectivity index (χ1) is 11.0. The molecule has 118 valence electrons. The van der Waals surface area contributed by atoms with Gasteiger partial charge in [0.05, 0.1) is 0 Å². The highest BCUT2D eigenvalue weighted by Gasteiger charge is 2.16. The third-order valence-electron chi connectivity index (χ3n) is 3.12. The maximum absolute atomic E-state index is 12.0. The molecule has 2 rings (SSSR count). The van der Waals surface area contributed by atoms with E-state index in [9.17, 15) is 4.79 Å². The summed E-state index contributed by atoms with van der Waals surface area (Å²) in [7, 11) is 0. The largest absolute Gasteiger partial charge is 0.432 e. The van der Waals surface area contributed by atoms with Crippen LogP contribution in [0.2, 0.25) is 0 Å². The summed E-state index contributed by atoms with van der Waals surface area (Å²) in [6.45, 7) is 5.85. The number of hydrogen-bond acceptors (Lipinski definition) is 3. The molecule has 0 aliphatic rings. The number of pyridine rings is 1. The minimum Gasteiger partial charge on any atom is -0.432 e. The van der Waals surface area contributed by atoms with Gasteiger partial charge in [-0.1, -0.05) is 43.9 Å². The van der Waals surface area contributed by atoms with Crippen LogP contribution in [0.4, 0.5) is 10.6 Å². The van der Waals surface area contributed by atoms with Crippen molar-refractivity contribution < 1.29 is 9.53 Å². The molecule has 0 radical (unpaired) electrons. The van der Waals surface area contributed by atoms with Crippen LogP contribution in [0.25, 0.3) is 0 Å². The number of aryl methyl sites for hydroxylation is 1. The van der Waals surface area contributed by atoms with Crippen molar-refractivity contribution in [3.05, 3.63) is 59.8 Å². The van der Waals surface area contributed by atoms with Crippen LogP contribution >= 0.6 is 0 Å². The Balaban J connectivity index is 2.02. The fourth-order valence-electron chi connectivity index (χ4n) is 1.86. The molecule has 4 nitrogen and oxygen atoms in total. The van der Waals surface area contributed by atoms with Gasteiger partial charge in [-0.3, -0.25) is 5.32 Å². The predicted octanol–water partition coefficient (Wildman–Crippen LogP) is 4.01. The van der Waals surface area contributed by atoms with Gasteiger partial charge in [-0.2, -0.15) is 0 Å². The number of ether oxygens (including phenoxy) is 1. The third-order valence-corrected chi connectivity index (χ3v) is 3.12. The summed E-state index contributed by atoms with van der Waals surface area (Å²) in [6.07, 6.45) is 0.601. The van der Waals surface area contributed by atoms with E-state index in [-0.39, 0.29) is 5.92 Å². The minimum absolute atomic E-state index is 0.0856. The fourth-order valence-corrected chi connectivity index (χ4v) is 1.86. The first-order valence-electron chi connectivity index (χ1n) is 7.51. The van der Waals surface area contributed by atoms with Gasteiger partial charge < -0.3 is 4.74 Å². The van der Waals surface area contributed by atoms with Crippen molar-refractivity contribution in [1.82, 2.24) is 4.98 Å². The SMILES string of the molecule is Cc1ccnc(NC(=O)OC(C#Cc2ccccc2)C(C)C)c1. The molecule has 1 aromatic heterocycles. The van der Waals surface area contributed by atoms with Crippen LogP contribution in [0.15, 0.2) is 48.7 Å². The minimum atomic E-state index is -0.552. The maximum Gasteiger partial charge on any atom is 0.414 e. The van der Waals surface area contributed by atoms with E-state index in [0.717, 1.165) is 11.1 Å². The Morgan fingerprint density at radius 1 is 1.22 bits per heavy atom. The van der Waals surface area contributed by atoms with Crippen LogP contribution in [0.3, 0.4) is 0 Å². The molecule has 0 aliphatic heterocycles. The molecule has 23 heavy (non-hydrogen) atoms. The average molecular weight is 308 g/mol. The monoisotopic (exact) mass is 308 g/mol. The number of nitrogens with zero attached hydrogens (tertiary/aromatic N) is 1. The van der Waals surface area contributed by atoms with Gasteiger partial charge >= 0.3 is 6.09 Å². The Labute approximate surface area is 136 Å². The Morgan fingerprint density at radius 3 is 2.61 bits per heavy atom. The lowest BCUT2D eigenvalue weighted by Crippen LogP contribution is -2.25. The van der Waals surface area contributed by atoms with Crippen LogP contribution in [0.5, 0.6) is 0 Å². The van der Waals surface area contributed by atoms with Gasteiger partial charge in [0.25, 0.3) is 0 Å². The number of amides is 1. The molecule has 1 atom stereocenters. The van der Waals surface area contributed by atoms with Crippen LogP contribution in [-0.4, -0.2) is 17.2 Å². The zero-order chi connectivity index (χ0) is 16.7. The van der Waals surface area contributed by atoms with Crippen molar-refractivity contribution in [2.24, 2.45) is 5.92 Å². The number of rotatable bonds is 3. The number of hydrogen-bond donors (Lipinski definition) is 1. The second kappa shape index (κ2) is 8.00. The summed E-state index contributed by atoms with van der Waals surface area (Å²) in [5.74, 6) is 6.60. The van der Waals surface area contributed by atoms with Crippen molar-refractivity contribution in [1.29, 1.82) is 0 Å². The first-order valence-corrected chi connectivity index (χ1v) is 7.51. The fraction of sp³-hybridized carbons (Fsp3) is 0.263. The van der Waals surface area contributed by atoms with Gasteiger partial charge in [-0.25, -0.2) is 9.78 Å². The lowest BCUT2D eigenvalue weighted by Gasteiger charge is -2.16. The molecule has 1 amide bonds. The zero-order valence-electron chi connectivity index (χ0n) is 13.5. The molecule has 1 N–H and O–H groups in total. The average Bonchev–Trinajstić information content (AvgIpc) is 2.52. The number of carbonyl (C=O) groups is 1. The second-order valence-electron chi connectivity index (χ2n) is 5.55. The van der Waals surface area contributed by atoms with E-state index < -0.39 is 12.2 Å². The van der Waals surface area contributed by atoms with Gasteiger partial charge in [0.2, 0.25) is 0 Å². The summed E-state index contributed by atoms with van der Waals surface area (Å²) in [4.78, 5) is 16.1. The Kier molecular flexibility index (Phi) is 5.76. The lowest BCUT2D eigenvalue weighted by molar-refractivity contribution is 0.115. The standard InChI is InChI=1S/C19H20N2O2/c1-14(2)17(10-9-16-7-5-4-6-8-16)23-19(22)21-18-13-15(3)11-12-20-18/h4-8,11-14,17H,1-3H3,(H,20,21,22). The van der Waals surface area contributed by atoms with E-state index in [0.29, 0.717) is 5.82 Å². The molecule has 1 heterocycles. The molecular formula is C19H20N2O2. The van der Waals surface area contributed by atoms with Gasteiger partial charge in [-0.05, 0) is 36.8 Å². The molecule has 4 heteroatoms. The molecule has 0 fully saturated rings. The van der Waals surface area contributed by atoms with Crippen LogP contribution < -0.4 is 5.32 Å². The summed E-state index contributed by atoms with van der Waals surface area (Å²) < 4.78 is 5.41. The third kappa shape index (κ3) is 5.48. The summed E-state index contributed by atoms with van der Waals surface area (Å²) in [5.41, 5.74) is 1.90. The van der Waals surface area contributed by atoms with E-state index >= 15 is 0 Å². The molecule has 2 aromatic rings. The molecule has 0 spiro atoms. The highest BCUT2D eigenvalue weighted by molar-refractivity contribution is 5.83. The maximum atomic E-state index is 12.0. The molecule has 0 aliphatic carbocycles. The van der Waals surface area contributed by atoms with Gasteiger partial charge in [0, 0.05) is 17.7 Å². The molecule has 0 saturated heterocycles. The number of anilines is 1. The van der Waals surface area contributed by atoms with E-state index in [2.05, 4.69) is 22.1 Å². The van der Waals surface area contributed by atoms with Crippen molar-refractivity contribution in [2.45, 2.75) is 26.9 Å². The number of benzene rings is 1. The lowest BCUT2D eigenvalue weighted by atomic mass is 10.1. The highest BCUT2D eigenvalue weighted by atomic mass is 16.6. The Hall–Kier alpha value is -2.80. The molecule has 1 aromatic carbocycles. The molecule has 0 saturated carbocycles. The number of aromatic nitrogens is 1. The van der Waals surface area contributed by atoms with Gasteiger partial charge in [0.1, 0.15) is 5.82 Å². The van der Waals surface area contributed by atoms with Crippen molar-refractivity contribution >= 4 is 11.9 Å². The molecule has 1 unspecified atom stereocenters. The van der Waals surface area contributed by atoms with Crippen LogP contribution in [-0.2, 0) is 4.74 Å². The van der Waals surface area contributed by atoms with Crippen LogP contribution in [0, 0.1) is 24.7 Å². The number of nitrogens with one attached hydrogen (secondary N) is 1. The molecule has 0 bridgehead atoms. The van der Waals surface area contributed by atoms with E-state index in [1.807, 2.05) is 57.2 Å². The van der Waals surface area contributed by atoms with E-state index in [4.69, 9.17) is 4.74 Å². The highest BCUT2D eigenvalue weighted by Crippen LogP contribution is 2.10. The number of carbonyl (C=O) groups excluding carboxylic acids is 1. The van der Waals surface area contributed by atoms with E-state index in [1.165, 1.54) is 0 Å². The predicted molar refractivity (Wildman–Crippen MR) is 91.0 cm³/mol. The summed E-state index contributed by atoms with van der Waals surface area (Å²) in [6, 6.07) is 13.3. The topological polar surface area (TPSA) is 51.2 Å². The van der Waals surface area contributed by atoms with Gasteiger partial charge in [0.15, 0.2) is 6.10 Å². The summed E-state index contributed by atoms with van der Waals surface area (Å²) in [5, 5.41) is 2.63. The van der Waals surface area contributed by atoms with Gasteiger partial charge in [-0.15, -0.1) is 0 Å². The second-order valence-corrected chi connectivity index (χ2v) is 5.55. The Morgan fingerprint density at radius 2 is 1.96 bits per heavy atom. The smallest absolute Gasteiger partial charge is 0.414 e. The zero-order valence-corrected chi connectivity index (χ0v) is 13.5. The van der Waals surface area contributed by atoms with Crippen molar-refractivity contribution in [3.8, 4) is 11.8 Å².